The maximum absolute atomic E-state index is 5.80. The van der Waals surface area contributed by atoms with Crippen LogP contribution in [0.3, 0.4) is 0 Å². The van der Waals surface area contributed by atoms with Gasteiger partial charge < -0.3 is 4.74 Å². The summed E-state index contributed by atoms with van der Waals surface area (Å²) in [6.45, 7) is 7.26. The lowest BCUT2D eigenvalue weighted by Crippen LogP contribution is -1.93. The van der Waals surface area contributed by atoms with Gasteiger partial charge in [-0.3, -0.25) is 0 Å². The van der Waals surface area contributed by atoms with Crippen molar-refractivity contribution < 1.29 is 4.74 Å². The Morgan fingerprint density at radius 2 is 1.67 bits per heavy atom. The molecular weight excluding hydrogens is 240 g/mol. The molecule has 1 nitrogen and oxygen atoms in total. The molecule has 0 radical (unpaired) electrons. The molecule has 0 atom stereocenters. The number of hydrogen-bond donors (Lipinski definition) is 0. The largest absolute Gasteiger partial charge is 0.488 e. The number of ether oxygens (including phenoxy) is 1. The van der Waals surface area contributed by atoms with Crippen LogP contribution in [-0.4, -0.2) is 0 Å². The van der Waals surface area contributed by atoms with Gasteiger partial charge in [0.2, 0.25) is 0 Å². The Balaban J connectivity index is 1.93. The van der Waals surface area contributed by atoms with Crippen LogP contribution in [0, 0.1) is 0 Å². The summed E-state index contributed by atoms with van der Waals surface area (Å²) in [5.41, 5.74) is 1.35. The first kappa shape index (κ1) is 13.2. The molecule has 2 rings (SSSR count). The molecule has 0 spiro atoms. The number of benzene rings is 1. The fourth-order valence-electron chi connectivity index (χ4n) is 1.79. The summed E-state index contributed by atoms with van der Waals surface area (Å²) in [5, 5.41) is 0. The third-order valence-corrected chi connectivity index (χ3v) is 4.20. The summed E-state index contributed by atoms with van der Waals surface area (Å²) >= 11 is 1.84. The van der Waals surface area contributed by atoms with Gasteiger partial charge in [0.15, 0.2) is 0 Å². The molecule has 2 heteroatoms. The highest BCUT2D eigenvalue weighted by Gasteiger charge is 2.02. The highest BCUT2D eigenvalue weighted by molar-refractivity contribution is 7.11. The average Bonchev–Trinajstić information content (AvgIpc) is 2.85. The van der Waals surface area contributed by atoms with Crippen LogP contribution in [-0.2, 0) is 13.0 Å². The molecule has 0 N–H and O–H groups in total. The van der Waals surface area contributed by atoms with E-state index >= 15 is 0 Å². The van der Waals surface area contributed by atoms with Gasteiger partial charge in [-0.2, -0.15) is 0 Å². The molecule has 1 heterocycles. The standard InChI is InChI=1S/C16H20OS/c1-4-15-9-10-16(18-15)11-17-14-7-5-13(6-8-14)12(2)3/h5-10,12H,4,11H2,1-3H3. The molecule has 0 bridgehead atoms. The van der Waals surface area contributed by atoms with E-state index in [9.17, 15) is 0 Å². The Morgan fingerprint density at radius 1 is 1.00 bits per heavy atom. The lowest BCUT2D eigenvalue weighted by molar-refractivity contribution is 0.309. The van der Waals surface area contributed by atoms with E-state index in [1.807, 2.05) is 11.3 Å². The molecule has 96 valence electrons. The van der Waals surface area contributed by atoms with E-state index in [1.54, 1.807) is 0 Å². The van der Waals surface area contributed by atoms with Crippen molar-refractivity contribution in [1.29, 1.82) is 0 Å². The van der Waals surface area contributed by atoms with Gasteiger partial charge in [0, 0.05) is 9.75 Å². The second kappa shape index (κ2) is 6.05. The summed E-state index contributed by atoms with van der Waals surface area (Å²) in [6, 6.07) is 12.8. The molecular formula is C16H20OS. The smallest absolute Gasteiger partial charge is 0.122 e. The maximum Gasteiger partial charge on any atom is 0.122 e. The van der Waals surface area contributed by atoms with Gasteiger partial charge >= 0.3 is 0 Å². The quantitative estimate of drug-likeness (QED) is 0.734. The molecule has 18 heavy (non-hydrogen) atoms. The molecule has 2 aromatic rings. The van der Waals surface area contributed by atoms with Crippen molar-refractivity contribution in [2.45, 2.75) is 39.7 Å². The number of aryl methyl sites for hydroxylation is 1. The summed E-state index contributed by atoms with van der Waals surface area (Å²) < 4.78 is 5.80. The fraction of sp³-hybridized carbons (Fsp3) is 0.375. The van der Waals surface area contributed by atoms with Crippen molar-refractivity contribution >= 4 is 11.3 Å². The minimum Gasteiger partial charge on any atom is -0.488 e. The fourth-order valence-corrected chi connectivity index (χ4v) is 2.66. The van der Waals surface area contributed by atoms with E-state index < -0.39 is 0 Å². The third kappa shape index (κ3) is 3.36. The predicted octanol–water partition coefficient (Wildman–Crippen LogP) is 5.01. The predicted molar refractivity (Wildman–Crippen MR) is 78.6 cm³/mol. The van der Waals surface area contributed by atoms with Gasteiger partial charge in [-0.15, -0.1) is 11.3 Å². The second-order valence-electron chi connectivity index (χ2n) is 4.73. The van der Waals surface area contributed by atoms with Crippen LogP contribution in [0.4, 0.5) is 0 Å². The minimum absolute atomic E-state index is 0.573. The average molecular weight is 260 g/mol. The molecule has 1 aromatic heterocycles. The van der Waals surface area contributed by atoms with Gasteiger partial charge in [0.05, 0.1) is 0 Å². The van der Waals surface area contributed by atoms with Crippen LogP contribution in [0.1, 0.15) is 42.0 Å². The maximum atomic E-state index is 5.80. The molecule has 1 aromatic carbocycles. The van der Waals surface area contributed by atoms with E-state index in [4.69, 9.17) is 4.74 Å². The van der Waals surface area contributed by atoms with Crippen LogP contribution < -0.4 is 4.74 Å². The van der Waals surface area contributed by atoms with Crippen LogP contribution >= 0.6 is 11.3 Å². The Hall–Kier alpha value is -1.28. The first-order valence-electron chi connectivity index (χ1n) is 6.49. The second-order valence-corrected chi connectivity index (χ2v) is 5.99. The summed E-state index contributed by atoms with van der Waals surface area (Å²) in [5.74, 6) is 1.52. The van der Waals surface area contributed by atoms with Crippen molar-refractivity contribution in [1.82, 2.24) is 0 Å². The van der Waals surface area contributed by atoms with Crippen molar-refractivity contribution in [3.05, 3.63) is 51.7 Å². The molecule has 0 fully saturated rings. The molecule has 0 aliphatic rings. The Labute approximate surface area is 113 Å². The first-order valence-corrected chi connectivity index (χ1v) is 7.31. The summed E-state index contributed by atoms with van der Waals surface area (Å²) in [6.07, 6.45) is 1.10. The number of hydrogen-bond acceptors (Lipinski definition) is 2. The molecule has 0 saturated carbocycles. The van der Waals surface area contributed by atoms with Crippen molar-refractivity contribution in [2.75, 3.05) is 0 Å². The highest BCUT2D eigenvalue weighted by atomic mass is 32.1. The third-order valence-electron chi connectivity index (χ3n) is 2.99. The van der Waals surface area contributed by atoms with Gasteiger partial charge in [0.1, 0.15) is 12.4 Å². The monoisotopic (exact) mass is 260 g/mol. The van der Waals surface area contributed by atoms with Gasteiger partial charge in [-0.25, -0.2) is 0 Å². The first-order chi connectivity index (χ1) is 8.69. The molecule has 0 aliphatic heterocycles. The van der Waals surface area contributed by atoms with E-state index in [0.717, 1.165) is 12.2 Å². The van der Waals surface area contributed by atoms with E-state index in [2.05, 4.69) is 57.2 Å². The lowest BCUT2D eigenvalue weighted by Gasteiger charge is -2.08. The molecule has 0 unspecified atom stereocenters. The normalized spacial score (nSPS) is 10.9. The van der Waals surface area contributed by atoms with Crippen LogP contribution in [0.5, 0.6) is 5.75 Å². The van der Waals surface area contributed by atoms with Crippen molar-refractivity contribution in [2.24, 2.45) is 0 Å². The number of thiophene rings is 1. The van der Waals surface area contributed by atoms with Gasteiger partial charge in [0.25, 0.3) is 0 Å². The van der Waals surface area contributed by atoms with Crippen molar-refractivity contribution in [3.8, 4) is 5.75 Å². The van der Waals surface area contributed by atoms with Gasteiger partial charge in [-0.05, 0) is 42.2 Å². The van der Waals surface area contributed by atoms with Crippen LogP contribution in [0.15, 0.2) is 36.4 Å². The molecule has 0 amide bonds. The number of rotatable bonds is 5. The zero-order valence-corrected chi connectivity index (χ0v) is 12.1. The zero-order valence-electron chi connectivity index (χ0n) is 11.3. The molecule has 0 aliphatic carbocycles. The lowest BCUT2D eigenvalue weighted by atomic mass is 10.0. The summed E-state index contributed by atoms with van der Waals surface area (Å²) in [4.78, 5) is 2.71. The zero-order chi connectivity index (χ0) is 13.0. The topological polar surface area (TPSA) is 9.23 Å². The Morgan fingerprint density at radius 3 is 2.22 bits per heavy atom. The van der Waals surface area contributed by atoms with Crippen LogP contribution in [0.2, 0.25) is 0 Å². The van der Waals surface area contributed by atoms with E-state index in [-0.39, 0.29) is 0 Å². The van der Waals surface area contributed by atoms with Crippen LogP contribution in [0.25, 0.3) is 0 Å². The minimum atomic E-state index is 0.573. The van der Waals surface area contributed by atoms with E-state index in [0.29, 0.717) is 12.5 Å². The van der Waals surface area contributed by atoms with Gasteiger partial charge in [-0.1, -0.05) is 32.9 Å². The molecule has 0 saturated heterocycles. The van der Waals surface area contributed by atoms with Crippen molar-refractivity contribution in [3.63, 3.8) is 0 Å². The Kier molecular flexibility index (Phi) is 4.43. The Bertz CT molecular complexity index is 482. The van der Waals surface area contributed by atoms with E-state index in [1.165, 1.54) is 15.3 Å². The highest BCUT2D eigenvalue weighted by Crippen LogP contribution is 2.21. The SMILES string of the molecule is CCc1ccc(COc2ccc(C(C)C)cc2)s1. The summed E-state index contributed by atoms with van der Waals surface area (Å²) in [7, 11) is 0.